The van der Waals surface area contributed by atoms with Crippen LogP contribution >= 0.6 is 15.9 Å². The molecule has 0 aromatic heterocycles. The summed E-state index contributed by atoms with van der Waals surface area (Å²) < 4.78 is 12.6. The summed E-state index contributed by atoms with van der Waals surface area (Å²) in [4.78, 5) is 0. The van der Waals surface area contributed by atoms with Crippen LogP contribution in [0.2, 0.25) is 0 Å². The van der Waals surface area contributed by atoms with Gasteiger partial charge in [-0.2, -0.15) is 5.10 Å². The summed E-state index contributed by atoms with van der Waals surface area (Å²) in [5.41, 5.74) is 13.5. The third-order valence-electron chi connectivity index (χ3n) is 3.91. The number of ether oxygens (including phenoxy) is 2. The quantitative estimate of drug-likeness (QED) is 0.303. The molecule has 0 saturated heterocycles. The van der Waals surface area contributed by atoms with Crippen molar-refractivity contribution in [2.75, 3.05) is 0 Å². The second kappa shape index (κ2) is 10.3. The lowest BCUT2D eigenvalue weighted by Crippen LogP contribution is -2.21. The molecule has 0 amide bonds. The summed E-state index contributed by atoms with van der Waals surface area (Å²) in [7, 11) is 0. The molecule has 0 aliphatic heterocycles. The molecule has 148 valence electrons. The van der Waals surface area contributed by atoms with Crippen molar-refractivity contribution in [1.82, 2.24) is 0 Å². The van der Waals surface area contributed by atoms with Crippen molar-refractivity contribution >= 4 is 28.1 Å². The van der Waals surface area contributed by atoms with Crippen molar-refractivity contribution < 1.29 is 9.47 Å². The molecule has 0 saturated carbocycles. The zero-order valence-corrected chi connectivity index (χ0v) is 17.2. The SMILES string of the molecule is NC(N)=N/N=C/c1cc(Br)ccc1OCc1ccc(OCc2ccccc2)cc1. The molecule has 0 radical (unpaired) electrons. The topological polar surface area (TPSA) is 95.2 Å². The first kappa shape index (κ1) is 20.4. The van der Waals surface area contributed by atoms with E-state index >= 15 is 0 Å². The highest BCUT2D eigenvalue weighted by atomic mass is 79.9. The van der Waals surface area contributed by atoms with Crippen molar-refractivity contribution in [1.29, 1.82) is 0 Å². The van der Waals surface area contributed by atoms with Gasteiger partial charge < -0.3 is 20.9 Å². The molecule has 0 heterocycles. The Morgan fingerprint density at radius 2 is 1.55 bits per heavy atom. The molecular formula is C22H21BrN4O2. The van der Waals surface area contributed by atoms with E-state index in [2.05, 4.69) is 26.1 Å². The van der Waals surface area contributed by atoms with Crippen LogP contribution in [0.5, 0.6) is 11.5 Å². The highest BCUT2D eigenvalue weighted by Crippen LogP contribution is 2.23. The molecule has 29 heavy (non-hydrogen) atoms. The van der Waals surface area contributed by atoms with E-state index in [4.69, 9.17) is 20.9 Å². The third-order valence-corrected chi connectivity index (χ3v) is 4.40. The van der Waals surface area contributed by atoms with Crippen molar-refractivity contribution in [3.05, 3.63) is 94.0 Å². The molecule has 4 N–H and O–H groups in total. The van der Waals surface area contributed by atoms with Crippen LogP contribution in [-0.4, -0.2) is 12.2 Å². The van der Waals surface area contributed by atoms with E-state index in [-0.39, 0.29) is 5.96 Å². The predicted octanol–water partition coefficient (Wildman–Crippen LogP) is 4.21. The average Bonchev–Trinajstić information content (AvgIpc) is 2.73. The molecule has 3 rings (SSSR count). The second-order valence-electron chi connectivity index (χ2n) is 6.16. The minimum absolute atomic E-state index is 0.103. The van der Waals surface area contributed by atoms with Gasteiger partial charge in [0.15, 0.2) is 0 Å². The van der Waals surface area contributed by atoms with Crippen LogP contribution < -0.4 is 20.9 Å². The van der Waals surface area contributed by atoms with Crippen LogP contribution in [0.3, 0.4) is 0 Å². The van der Waals surface area contributed by atoms with E-state index in [1.54, 1.807) is 6.21 Å². The molecule has 0 spiro atoms. The summed E-state index contributed by atoms with van der Waals surface area (Å²) >= 11 is 3.44. The molecular weight excluding hydrogens is 432 g/mol. The zero-order chi connectivity index (χ0) is 20.5. The van der Waals surface area contributed by atoms with Crippen LogP contribution in [0.25, 0.3) is 0 Å². The third kappa shape index (κ3) is 6.65. The van der Waals surface area contributed by atoms with Crippen LogP contribution in [0, 0.1) is 0 Å². The van der Waals surface area contributed by atoms with Gasteiger partial charge >= 0.3 is 0 Å². The summed E-state index contributed by atoms with van der Waals surface area (Å²) in [6.07, 6.45) is 1.54. The molecule has 0 unspecified atom stereocenters. The Morgan fingerprint density at radius 3 is 2.28 bits per heavy atom. The Kier molecular flexibility index (Phi) is 7.24. The van der Waals surface area contributed by atoms with Gasteiger partial charge in [0.1, 0.15) is 24.7 Å². The van der Waals surface area contributed by atoms with E-state index in [0.717, 1.165) is 26.9 Å². The fourth-order valence-corrected chi connectivity index (χ4v) is 2.87. The van der Waals surface area contributed by atoms with Gasteiger partial charge in [-0.25, -0.2) is 0 Å². The van der Waals surface area contributed by atoms with Crippen LogP contribution in [-0.2, 0) is 13.2 Å². The van der Waals surface area contributed by atoms with Crippen molar-refractivity contribution in [2.24, 2.45) is 21.7 Å². The number of hydrogen-bond donors (Lipinski definition) is 2. The van der Waals surface area contributed by atoms with E-state index in [1.807, 2.05) is 72.8 Å². The fourth-order valence-electron chi connectivity index (χ4n) is 2.49. The standard InChI is InChI=1S/C22H21BrN4O2/c23-19-8-11-21(18(12-19)13-26-27-22(24)25)29-15-17-6-9-20(10-7-17)28-14-16-4-2-1-3-5-16/h1-13H,14-15H2,(H4,24,25,27)/b26-13+. The minimum Gasteiger partial charge on any atom is -0.489 e. The summed E-state index contributed by atoms with van der Waals surface area (Å²) in [6, 6.07) is 23.5. The number of hydrogen-bond acceptors (Lipinski definition) is 4. The lowest BCUT2D eigenvalue weighted by molar-refractivity contribution is 0.300. The van der Waals surface area contributed by atoms with E-state index in [1.165, 1.54) is 0 Å². The van der Waals surface area contributed by atoms with Gasteiger partial charge in [-0.1, -0.05) is 58.4 Å². The highest BCUT2D eigenvalue weighted by Gasteiger charge is 2.04. The Labute approximate surface area is 178 Å². The normalized spacial score (nSPS) is 10.7. The van der Waals surface area contributed by atoms with Crippen molar-refractivity contribution in [3.8, 4) is 11.5 Å². The number of nitrogens with zero attached hydrogens (tertiary/aromatic N) is 2. The second-order valence-corrected chi connectivity index (χ2v) is 7.07. The molecule has 0 aliphatic rings. The first-order valence-corrected chi connectivity index (χ1v) is 9.69. The molecule has 0 aliphatic carbocycles. The maximum atomic E-state index is 5.94. The lowest BCUT2D eigenvalue weighted by Gasteiger charge is -2.11. The highest BCUT2D eigenvalue weighted by molar-refractivity contribution is 9.10. The molecule has 0 atom stereocenters. The molecule has 3 aromatic rings. The first-order valence-electron chi connectivity index (χ1n) is 8.90. The summed E-state index contributed by atoms with van der Waals surface area (Å²) in [5, 5.41) is 7.47. The van der Waals surface area contributed by atoms with Crippen LogP contribution in [0.15, 0.2) is 87.5 Å². The predicted molar refractivity (Wildman–Crippen MR) is 119 cm³/mol. The monoisotopic (exact) mass is 452 g/mol. The lowest BCUT2D eigenvalue weighted by atomic mass is 10.2. The van der Waals surface area contributed by atoms with Gasteiger partial charge in [-0.3, -0.25) is 0 Å². The summed E-state index contributed by atoms with van der Waals surface area (Å²) in [6.45, 7) is 0.942. The Morgan fingerprint density at radius 1 is 0.862 bits per heavy atom. The maximum absolute atomic E-state index is 5.94. The molecule has 6 nitrogen and oxygen atoms in total. The van der Waals surface area contributed by atoms with E-state index in [9.17, 15) is 0 Å². The van der Waals surface area contributed by atoms with Gasteiger partial charge in [0, 0.05) is 10.0 Å². The van der Waals surface area contributed by atoms with Gasteiger partial charge in [0.25, 0.3) is 0 Å². The Bertz CT molecular complexity index is 985. The first-order chi connectivity index (χ1) is 14.1. The summed E-state index contributed by atoms with van der Waals surface area (Å²) in [5.74, 6) is 1.38. The van der Waals surface area contributed by atoms with Crippen LogP contribution in [0.1, 0.15) is 16.7 Å². The average molecular weight is 453 g/mol. The number of halogens is 1. The van der Waals surface area contributed by atoms with Gasteiger partial charge in [-0.05, 0) is 41.5 Å². The Hall–Kier alpha value is -3.32. The van der Waals surface area contributed by atoms with E-state index in [0.29, 0.717) is 19.0 Å². The largest absolute Gasteiger partial charge is 0.489 e. The number of guanidine groups is 1. The van der Waals surface area contributed by atoms with Gasteiger partial charge in [0.05, 0.1) is 6.21 Å². The van der Waals surface area contributed by atoms with Crippen molar-refractivity contribution in [3.63, 3.8) is 0 Å². The molecule has 0 bridgehead atoms. The number of nitrogens with two attached hydrogens (primary N) is 2. The maximum Gasteiger partial charge on any atom is 0.211 e. The number of benzene rings is 3. The van der Waals surface area contributed by atoms with Gasteiger partial charge in [0.2, 0.25) is 5.96 Å². The zero-order valence-electron chi connectivity index (χ0n) is 15.7. The number of rotatable bonds is 8. The van der Waals surface area contributed by atoms with Crippen molar-refractivity contribution in [2.45, 2.75) is 13.2 Å². The molecule has 3 aromatic carbocycles. The molecule has 7 heteroatoms. The van der Waals surface area contributed by atoms with Gasteiger partial charge in [-0.15, -0.1) is 5.10 Å². The fraction of sp³-hybridized carbons (Fsp3) is 0.0909. The molecule has 0 fully saturated rings. The Balaban J connectivity index is 1.60. The minimum atomic E-state index is -0.103. The van der Waals surface area contributed by atoms with E-state index < -0.39 is 0 Å². The smallest absolute Gasteiger partial charge is 0.211 e. The van der Waals surface area contributed by atoms with Crippen LogP contribution in [0.4, 0.5) is 0 Å².